The third kappa shape index (κ3) is 1.04. The maximum atomic E-state index is 11.9. The largest absolute Gasteiger partial charge is 0.475 e. The monoisotopic (exact) mass is 130 g/mol. The summed E-state index contributed by atoms with van der Waals surface area (Å²) >= 11 is 0. The quantitative estimate of drug-likeness (QED) is 0.572. The van der Waals surface area contributed by atoms with Crippen LogP contribution in [0.1, 0.15) is 10.6 Å². The molecule has 0 saturated carbocycles. The predicted octanol–water partition coefficient (Wildman–Crippen LogP) is 0.247. The van der Waals surface area contributed by atoms with Crippen molar-refractivity contribution in [2.75, 3.05) is 0 Å². The van der Waals surface area contributed by atoms with E-state index in [9.17, 15) is 9.18 Å². The lowest BCUT2D eigenvalue weighted by Crippen LogP contribution is -1.98. The molecule has 0 amide bonds. The highest BCUT2D eigenvalue weighted by molar-refractivity contribution is 5.82. The van der Waals surface area contributed by atoms with Crippen molar-refractivity contribution in [1.82, 2.24) is 9.97 Å². The van der Waals surface area contributed by atoms with E-state index in [2.05, 4.69) is 4.98 Å². The van der Waals surface area contributed by atoms with Crippen molar-refractivity contribution >= 4 is 5.97 Å². The lowest BCUT2D eigenvalue weighted by Gasteiger charge is -1.79. The summed E-state index contributed by atoms with van der Waals surface area (Å²) in [4.78, 5) is 15.0. The number of carbonyl (C=O) groups is 1. The van der Waals surface area contributed by atoms with Gasteiger partial charge in [-0.1, -0.05) is 0 Å². The van der Waals surface area contributed by atoms with Crippen LogP contribution in [0, 0.1) is 5.95 Å². The molecule has 0 atom stereocenters. The molecule has 1 rings (SSSR count). The number of H-pyrrole nitrogens is 1. The van der Waals surface area contributed by atoms with Crippen LogP contribution in [0.15, 0.2) is 6.20 Å². The Labute approximate surface area is 49.3 Å². The highest BCUT2D eigenvalue weighted by Gasteiger charge is 2.05. The topological polar surface area (TPSA) is 66.0 Å². The second-order valence-electron chi connectivity index (χ2n) is 1.38. The molecule has 0 aliphatic rings. The summed E-state index contributed by atoms with van der Waals surface area (Å²) in [7, 11) is 0. The zero-order chi connectivity index (χ0) is 6.85. The number of hydrogen-bond donors (Lipinski definition) is 2. The van der Waals surface area contributed by atoms with Gasteiger partial charge in [-0.25, -0.2) is 9.78 Å². The minimum atomic E-state index is -1.26. The fourth-order valence-electron chi connectivity index (χ4n) is 0.408. The molecule has 0 radical (unpaired) electrons. The van der Waals surface area contributed by atoms with Crippen molar-refractivity contribution in [2.24, 2.45) is 0 Å². The van der Waals surface area contributed by atoms with Crippen LogP contribution in [-0.4, -0.2) is 21.0 Å². The van der Waals surface area contributed by atoms with E-state index < -0.39 is 11.9 Å². The van der Waals surface area contributed by atoms with E-state index in [1.165, 1.54) is 0 Å². The Balaban J connectivity index is 2.98. The number of nitrogens with zero attached hydrogens (tertiary/aromatic N) is 1. The summed E-state index contributed by atoms with van der Waals surface area (Å²) in [6.07, 6.45) is 0.809. The van der Waals surface area contributed by atoms with Crippen molar-refractivity contribution in [3.63, 3.8) is 0 Å². The minimum absolute atomic E-state index is 0.382. The van der Waals surface area contributed by atoms with Gasteiger partial charge in [-0.05, 0) is 0 Å². The molecule has 0 unspecified atom stereocenters. The number of aromatic amines is 1. The molecule has 1 heterocycles. The number of aromatic nitrogens is 2. The average Bonchev–Trinajstić information content (AvgIpc) is 2.14. The number of carboxylic acids is 1. The molecule has 0 bridgehead atoms. The molecule has 0 saturated heterocycles. The first-order chi connectivity index (χ1) is 4.20. The van der Waals surface area contributed by atoms with E-state index in [1.54, 1.807) is 0 Å². The molecule has 0 aliphatic heterocycles. The molecule has 1 aromatic rings. The van der Waals surface area contributed by atoms with Crippen LogP contribution in [0.4, 0.5) is 4.39 Å². The lowest BCUT2D eigenvalue weighted by atomic mass is 10.6. The van der Waals surface area contributed by atoms with Gasteiger partial charge in [0.1, 0.15) is 0 Å². The van der Waals surface area contributed by atoms with E-state index in [0.717, 1.165) is 6.20 Å². The molecule has 1 aromatic heterocycles. The fourth-order valence-corrected chi connectivity index (χ4v) is 0.408. The molecule has 0 fully saturated rings. The zero-order valence-corrected chi connectivity index (χ0v) is 4.26. The second kappa shape index (κ2) is 1.85. The molecule has 0 aromatic carbocycles. The molecular formula is C4H3FN2O2. The van der Waals surface area contributed by atoms with Crippen LogP contribution in [0.25, 0.3) is 0 Å². The van der Waals surface area contributed by atoms with Gasteiger partial charge in [0.15, 0.2) is 0 Å². The average molecular weight is 130 g/mol. The Morgan fingerprint density at radius 1 is 1.89 bits per heavy atom. The normalized spacial score (nSPS) is 9.44. The standard InChI is InChI=1S/C4H3FN2O2/c5-2-1-6-3(7-2)4(8)9/h1H,(H,6,7)(H,8,9). The Bertz CT molecular complexity index is 232. The van der Waals surface area contributed by atoms with E-state index >= 15 is 0 Å². The van der Waals surface area contributed by atoms with Crippen molar-refractivity contribution < 1.29 is 14.3 Å². The van der Waals surface area contributed by atoms with Gasteiger partial charge >= 0.3 is 5.97 Å². The lowest BCUT2D eigenvalue weighted by molar-refractivity contribution is 0.0684. The molecule has 4 nitrogen and oxygen atoms in total. The number of imidazole rings is 1. The van der Waals surface area contributed by atoms with E-state index in [-0.39, 0.29) is 5.82 Å². The zero-order valence-electron chi connectivity index (χ0n) is 4.26. The van der Waals surface area contributed by atoms with Crippen molar-refractivity contribution in [1.29, 1.82) is 0 Å². The molecular weight excluding hydrogens is 127 g/mol. The maximum absolute atomic E-state index is 11.9. The summed E-state index contributed by atoms with van der Waals surface area (Å²) in [5.74, 6) is -2.39. The van der Waals surface area contributed by atoms with Crippen molar-refractivity contribution in [3.05, 3.63) is 18.0 Å². The summed E-state index contributed by atoms with van der Waals surface area (Å²) in [5, 5.41) is 8.14. The van der Waals surface area contributed by atoms with Crippen LogP contribution in [0.2, 0.25) is 0 Å². The van der Waals surface area contributed by atoms with Crippen molar-refractivity contribution in [2.45, 2.75) is 0 Å². The summed E-state index contributed by atoms with van der Waals surface area (Å²) in [6, 6.07) is 0. The third-order valence-electron chi connectivity index (χ3n) is 0.747. The van der Waals surface area contributed by atoms with Crippen LogP contribution < -0.4 is 0 Å². The van der Waals surface area contributed by atoms with Gasteiger partial charge < -0.3 is 10.1 Å². The van der Waals surface area contributed by atoms with Crippen LogP contribution in [-0.2, 0) is 0 Å². The summed E-state index contributed by atoms with van der Waals surface area (Å²) in [5.41, 5.74) is 0. The van der Waals surface area contributed by atoms with Gasteiger partial charge in [-0.3, -0.25) is 0 Å². The first kappa shape index (κ1) is 5.74. The van der Waals surface area contributed by atoms with E-state index in [4.69, 9.17) is 5.11 Å². The van der Waals surface area contributed by atoms with Crippen molar-refractivity contribution in [3.8, 4) is 0 Å². The summed E-state index contributed by atoms with van der Waals surface area (Å²) in [6.45, 7) is 0. The van der Waals surface area contributed by atoms with Gasteiger partial charge in [0.2, 0.25) is 11.8 Å². The van der Waals surface area contributed by atoms with Gasteiger partial charge in [0.25, 0.3) is 0 Å². The van der Waals surface area contributed by atoms with Gasteiger partial charge in [0.05, 0.1) is 6.20 Å². The minimum Gasteiger partial charge on any atom is -0.475 e. The Kier molecular flexibility index (Phi) is 1.18. The predicted molar refractivity (Wildman–Crippen MR) is 25.5 cm³/mol. The summed E-state index contributed by atoms with van der Waals surface area (Å²) < 4.78 is 11.9. The SMILES string of the molecule is O=C(O)c1ncc(F)[nH]1. The number of hydrogen-bond acceptors (Lipinski definition) is 2. The Morgan fingerprint density at radius 2 is 2.56 bits per heavy atom. The van der Waals surface area contributed by atoms with Crippen LogP contribution in [0.5, 0.6) is 0 Å². The number of carboxylic acid groups (broad SMARTS) is 1. The number of halogens is 1. The van der Waals surface area contributed by atoms with Crippen LogP contribution in [0.3, 0.4) is 0 Å². The smallest absolute Gasteiger partial charge is 0.371 e. The highest BCUT2D eigenvalue weighted by Crippen LogP contribution is 1.92. The fraction of sp³-hybridized carbons (Fsp3) is 0. The van der Waals surface area contributed by atoms with Gasteiger partial charge in [-0.15, -0.1) is 0 Å². The number of nitrogens with one attached hydrogen (secondary N) is 1. The first-order valence-corrected chi connectivity index (χ1v) is 2.14. The van der Waals surface area contributed by atoms with E-state index in [0.29, 0.717) is 0 Å². The molecule has 2 N–H and O–H groups in total. The molecule has 0 aliphatic carbocycles. The Morgan fingerprint density at radius 3 is 2.78 bits per heavy atom. The first-order valence-electron chi connectivity index (χ1n) is 2.14. The molecule has 5 heteroatoms. The highest BCUT2D eigenvalue weighted by atomic mass is 19.1. The van der Waals surface area contributed by atoms with Crippen LogP contribution >= 0.6 is 0 Å². The number of rotatable bonds is 1. The number of aromatic carboxylic acids is 1. The second-order valence-corrected chi connectivity index (χ2v) is 1.38. The maximum Gasteiger partial charge on any atom is 0.371 e. The van der Waals surface area contributed by atoms with E-state index in [1.807, 2.05) is 4.98 Å². The molecule has 48 valence electrons. The van der Waals surface area contributed by atoms with Gasteiger partial charge in [0, 0.05) is 0 Å². The molecule has 0 spiro atoms. The van der Waals surface area contributed by atoms with Gasteiger partial charge in [-0.2, -0.15) is 4.39 Å². The third-order valence-corrected chi connectivity index (χ3v) is 0.747. The Hall–Kier alpha value is -1.39. The molecule has 9 heavy (non-hydrogen) atoms.